The van der Waals surface area contributed by atoms with Gasteiger partial charge in [0, 0.05) is 16.5 Å². The highest BCUT2D eigenvalue weighted by molar-refractivity contribution is 6.03. The van der Waals surface area contributed by atoms with Crippen molar-refractivity contribution in [1.82, 2.24) is 20.5 Å². The number of aryl methyl sites for hydroxylation is 4. The molecule has 1 atom stereocenters. The van der Waals surface area contributed by atoms with E-state index in [1.165, 1.54) is 0 Å². The Morgan fingerprint density at radius 3 is 2.57 bits per heavy atom. The van der Waals surface area contributed by atoms with Crippen molar-refractivity contribution in [2.75, 3.05) is 0 Å². The van der Waals surface area contributed by atoms with Crippen LogP contribution in [0, 0.1) is 20.8 Å². The van der Waals surface area contributed by atoms with Crippen LogP contribution in [-0.2, 0) is 17.4 Å². The van der Waals surface area contributed by atoms with Gasteiger partial charge in [-0.05, 0) is 56.4 Å². The van der Waals surface area contributed by atoms with Crippen molar-refractivity contribution >= 4 is 22.8 Å². The van der Waals surface area contributed by atoms with Gasteiger partial charge in [0.05, 0.1) is 6.20 Å². The van der Waals surface area contributed by atoms with E-state index in [1.807, 2.05) is 31.1 Å². The third-order valence-corrected chi connectivity index (χ3v) is 5.02. The first-order valence-corrected chi connectivity index (χ1v) is 9.21. The molecule has 7 nitrogen and oxygen atoms in total. The molecule has 3 rings (SSSR count). The van der Waals surface area contributed by atoms with Crippen molar-refractivity contribution in [1.29, 1.82) is 0 Å². The molecule has 0 aliphatic heterocycles. The molecule has 0 radical (unpaired) electrons. The molecule has 0 saturated carbocycles. The Morgan fingerprint density at radius 2 is 1.93 bits per heavy atom. The van der Waals surface area contributed by atoms with E-state index in [1.54, 1.807) is 6.92 Å². The van der Waals surface area contributed by atoms with Gasteiger partial charge in [-0.1, -0.05) is 6.07 Å². The zero-order valence-corrected chi connectivity index (χ0v) is 16.6. The van der Waals surface area contributed by atoms with Gasteiger partial charge >= 0.3 is 12.1 Å². The van der Waals surface area contributed by atoms with E-state index in [9.17, 15) is 27.9 Å². The summed E-state index contributed by atoms with van der Waals surface area (Å²) in [7, 11) is 0. The van der Waals surface area contributed by atoms with Crippen LogP contribution >= 0.6 is 0 Å². The summed E-state index contributed by atoms with van der Waals surface area (Å²) in [5.41, 5.74) is 2.48. The van der Waals surface area contributed by atoms with Crippen LogP contribution in [0.1, 0.15) is 44.9 Å². The predicted octanol–water partition coefficient (Wildman–Crippen LogP) is 3.65. The number of benzene rings is 1. The van der Waals surface area contributed by atoms with Gasteiger partial charge in [0.15, 0.2) is 0 Å². The second-order valence-electron chi connectivity index (χ2n) is 7.30. The number of carboxylic acid groups (broad SMARTS) is 1. The van der Waals surface area contributed by atoms with E-state index in [0.717, 1.165) is 28.2 Å². The largest absolute Gasteiger partial charge is 0.480 e. The van der Waals surface area contributed by atoms with E-state index in [-0.39, 0.29) is 24.1 Å². The average Bonchev–Trinajstić information content (AvgIpc) is 3.22. The molecule has 0 aliphatic rings. The molecule has 0 bridgehead atoms. The summed E-state index contributed by atoms with van der Waals surface area (Å²) >= 11 is 0. The lowest BCUT2D eigenvalue weighted by molar-refractivity contribution is -0.141. The summed E-state index contributed by atoms with van der Waals surface area (Å²) in [4.78, 5) is 27.3. The van der Waals surface area contributed by atoms with Crippen LogP contribution in [0.15, 0.2) is 18.3 Å². The Bertz CT molecular complexity index is 1110. The molecule has 2 heterocycles. The molecule has 10 heteroatoms. The number of alkyl halides is 3. The predicted molar refractivity (Wildman–Crippen MR) is 103 cm³/mol. The van der Waals surface area contributed by atoms with Crippen molar-refractivity contribution in [2.45, 2.75) is 45.8 Å². The fraction of sp³-hybridized carbons (Fsp3) is 0.350. The molecule has 2 aromatic heterocycles. The second kappa shape index (κ2) is 7.85. The highest BCUT2D eigenvalue weighted by Crippen LogP contribution is 2.31. The maximum atomic E-state index is 12.9. The molecule has 1 unspecified atom stereocenters. The standard InChI is InChI=1S/C20H21F3N4O3/c1-9-6-10(2)15-11(3)16(25-14(15)7-9)18(28)26-13(19(29)30)5-4-12-8-24-27-17(12)20(21,22)23/h6-8,13,25H,4-5H2,1-3H3,(H,24,27)(H,26,28)(H,29,30). The molecule has 0 spiro atoms. The van der Waals surface area contributed by atoms with E-state index >= 15 is 0 Å². The minimum absolute atomic E-state index is 0.157. The normalized spacial score (nSPS) is 12.9. The highest BCUT2D eigenvalue weighted by Gasteiger charge is 2.35. The van der Waals surface area contributed by atoms with Crippen LogP contribution in [0.25, 0.3) is 10.9 Å². The van der Waals surface area contributed by atoms with Crippen molar-refractivity contribution in [2.24, 2.45) is 0 Å². The number of halogens is 3. The van der Waals surface area contributed by atoms with E-state index in [4.69, 9.17) is 0 Å². The number of amides is 1. The number of aliphatic carboxylic acids is 1. The summed E-state index contributed by atoms with van der Waals surface area (Å²) in [6.45, 7) is 5.60. The Labute approximate surface area is 169 Å². The molecule has 3 aromatic rings. The Kier molecular flexibility index (Phi) is 5.60. The lowest BCUT2D eigenvalue weighted by Crippen LogP contribution is -2.41. The van der Waals surface area contributed by atoms with Gasteiger partial charge in [0.1, 0.15) is 17.4 Å². The van der Waals surface area contributed by atoms with Crippen LogP contribution in [0.4, 0.5) is 13.2 Å². The van der Waals surface area contributed by atoms with Crippen molar-refractivity contribution in [3.05, 3.63) is 52.0 Å². The monoisotopic (exact) mass is 422 g/mol. The third-order valence-electron chi connectivity index (χ3n) is 5.02. The van der Waals surface area contributed by atoms with Gasteiger partial charge in [0.2, 0.25) is 0 Å². The van der Waals surface area contributed by atoms with E-state index < -0.39 is 29.8 Å². The number of nitrogens with zero attached hydrogens (tertiary/aromatic N) is 1. The molecule has 30 heavy (non-hydrogen) atoms. The van der Waals surface area contributed by atoms with Gasteiger partial charge in [-0.3, -0.25) is 9.89 Å². The van der Waals surface area contributed by atoms with E-state index in [2.05, 4.69) is 15.4 Å². The summed E-state index contributed by atoms with van der Waals surface area (Å²) in [5.74, 6) is -1.96. The van der Waals surface area contributed by atoms with Crippen LogP contribution in [0.3, 0.4) is 0 Å². The lowest BCUT2D eigenvalue weighted by Gasteiger charge is -2.15. The smallest absolute Gasteiger partial charge is 0.433 e. The first kappa shape index (κ1) is 21.4. The number of nitrogens with one attached hydrogen (secondary N) is 3. The summed E-state index contributed by atoms with van der Waals surface area (Å²) in [5, 5.41) is 18.0. The second-order valence-corrected chi connectivity index (χ2v) is 7.30. The maximum absolute atomic E-state index is 12.9. The highest BCUT2D eigenvalue weighted by atomic mass is 19.4. The van der Waals surface area contributed by atoms with Crippen molar-refractivity contribution in [3.63, 3.8) is 0 Å². The first-order valence-electron chi connectivity index (χ1n) is 9.21. The van der Waals surface area contributed by atoms with E-state index in [0.29, 0.717) is 5.56 Å². The van der Waals surface area contributed by atoms with Gasteiger partial charge < -0.3 is 15.4 Å². The molecule has 4 N–H and O–H groups in total. The molecule has 1 amide bonds. The number of rotatable bonds is 6. The quantitative estimate of drug-likeness (QED) is 0.486. The molecule has 0 fully saturated rings. The van der Waals surface area contributed by atoms with Gasteiger partial charge in [-0.25, -0.2) is 4.79 Å². The molecule has 160 valence electrons. The first-order chi connectivity index (χ1) is 14.0. The summed E-state index contributed by atoms with van der Waals surface area (Å²) in [6.07, 6.45) is -4.05. The number of H-pyrrole nitrogens is 2. The van der Waals surface area contributed by atoms with Crippen molar-refractivity contribution < 1.29 is 27.9 Å². The molecule has 1 aromatic carbocycles. The molecule has 0 saturated heterocycles. The SMILES string of the molecule is Cc1cc(C)c2c(C)c(C(=O)NC(CCc3cn[nH]c3C(F)(F)F)C(=O)O)[nH]c2c1. The molecular formula is C20H21F3N4O3. The fourth-order valence-corrected chi connectivity index (χ4v) is 3.68. The van der Waals surface area contributed by atoms with Crippen LogP contribution in [0.5, 0.6) is 0 Å². The zero-order valence-electron chi connectivity index (χ0n) is 16.6. The summed E-state index contributed by atoms with van der Waals surface area (Å²) in [6, 6.07) is 2.51. The Hall–Kier alpha value is -3.30. The fourth-order valence-electron chi connectivity index (χ4n) is 3.68. The van der Waals surface area contributed by atoms with Gasteiger partial charge in [0.25, 0.3) is 5.91 Å². The zero-order chi connectivity index (χ0) is 22.2. The summed E-state index contributed by atoms with van der Waals surface area (Å²) < 4.78 is 38.8. The molecular weight excluding hydrogens is 401 g/mol. The average molecular weight is 422 g/mol. The maximum Gasteiger partial charge on any atom is 0.433 e. The minimum Gasteiger partial charge on any atom is -0.480 e. The number of fused-ring (bicyclic) bond motifs is 1. The van der Waals surface area contributed by atoms with Crippen LogP contribution in [-0.4, -0.2) is 38.2 Å². The number of hydrogen-bond acceptors (Lipinski definition) is 3. The number of aromatic nitrogens is 3. The number of carboxylic acids is 1. The third kappa shape index (κ3) is 4.17. The minimum atomic E-state index is -4.62. The number of aromatic amines is 2. The Balaban J connectivity index is 1.79. The van der Waals surface area contributed by atoms with Crippen LogP contribution in [0.2, 0.25) is 0 Å². The van der Waals surface area contributed by atoms with Crippen LogP contribution < -0.4 is 5.32 Å². The number of carbonyl (C=O) groups excluding carboxylic acids is 1. The number of hydrogen-bond donors (Lipinski definition) is 4. The topological polar surface area (TPSA) is 111 Å². The van der Waals surface area contributed by atoms with Crippen molar-refractivity contribution in [3.8, 4) is 0 Å². The van der Waals surface area contributed by atoms with Gasteiger partial charge in [-0.15, -0.1) is 0 Å². The molecule has 0 aliphatic carbocycles. The Morgan fingerprint density at radius 1 is 1.23 bits per heavy atom. The number of carbonyl (C=O) groups is 2. The van der Waals surface area contributed by atoms with Gasteiger partial charge in [-0.2, -0.15) is 18.3 Å². The lowest BCUT2D eigenvalue weighted by atomic mass is 10.0.